The van der Waals surface area contributed by atoms with Crippen molar-refractivity contribution in [1.29, 1.82) is 0 Å². The summed E-state index contributed by atoms with van der Waals surface area (Å²) in [4.78, 5) is 23.7. The van der Waals surface area contributed by atoms with Crippen LogP contribution in [0.2, 0.25) is 0 Å². The first-order valence-electron chi connectivity index (χ1n) is 8.83. The molecular weight excluding hydrogens is 292 g/mol. The number of hydrogen-bond acceptors (Lipinski definition) is 3. The van der Waals surface area contributed by atoms with Crippen molar-refractivity contribution < 1.29 is 14.3 Å². The van der Waals surface area contributed by atoms with Gasteiger partial charge in [-0.05, 0) is 44.9 Å². The fraction of sp³-hybridized carbons (Fsp3) is 0.778. The molecule has 132 valence electrons. The molecule has 2 N–H and O–H groups in total. The number of carbonyl (C=O) groups is 2. The van der Waals surface area contributed by atoms with Gasteiger partial charge in [-0.1, -0.05) is 32.9 Å². The molecule has 1 atom stereocenters. The van der Waals surface area contributed by atoms with E-state index in [1.165, 1.54) is 0 Å². The number of ether oxygens (including phenoxy) is 1. The number of allylic oxidation sites excluding steroid dienone is 2. The van der Waals surface area contributed by atoms with Crippen LogP contribution in [0.1, 0.15) is 65.7 Å². The van der Waals surface area contributed by atoms with Gasteiger partial charge in [-0.15, -0.1) is 0 Å². The minimum atomic E-state index is -0.347. The van der Waals surface area contributed by atoms with E-state index in [1.807, 2.05) is 20.8 Å². The average molecular weight is 324 g/mol. The summed E-state index contributed by atoms with van der Waals surface area (Å²) in [5.41, 5.74) is -0.334. The molecule has 1 aliphatic rings. The molecule has 0 aromatic heterocycles. The molecule has 23 heavy (non-hydrogen) atoms. The predicted octanol–water partition coefficient (Wildman–Crippen LogP) is 3.54. The summed E-state index contributed by atoms with van der Waals surface area (Å²) in [6.45, 7) is 6.95. The van der Waals surface area contributed by atoms with Crippen LogP contribution in [0.5, 0.6) is 0 Å². The maximum Gasteiger partial charge on any atom is 0.407 e. The molecule has 5 nitrogen and oxygen atoms in total. The van der Waals surface area contributed by atoms with E-state index in [4.69, 9.17) is 4.74 Å². The second-order valence-corrected chi connectivity index (χ2v) is 6.78. The quantitative estimate of drug-likeness (QED) is 0.556. The van der Waals surface area contributed by atoms with Gasteiger partial charge in [0.2, 0.25) is 5.91 Å². The Morgan fingerprint density at radius 2 is 1.83 bits per heavy atom. The van der Waals surface area contributed by atoms with E-state index in [-0.39, 0.29) is 23.5 Å². The summed E-state index contributed by atoms with van der Waals surface area (Å²) in [5.74, 6) is 0.0603. The van der Waals surface area contributed by atoms with Gasteiger partial charge in [-0.2, -0.15) is 0 Å². The van der Waals surface area contributed by atoms with Gasteiger partial charge < -0.3 is 15.4 Å². The molecule has 2 amide bonds. The van der Waals surface area contributed by atoms with Crippen molar-refractivity contribution in [3.05, 3.63) is 12.2 Å². The van der Waals surface area contributed by atoms with E-state index in [0.717, 1.165) is 38.5 Å². The molecule has 0 radical (unpaired) electrons. The van der Waals surface area contributed by atoms with E-state index in [9.17, 15) is 9.59 Å². The van der Waals surface area contributed by atoms with Gasteiger partial charge in [0.25, 0.3) is 0 Å². The normalized spacial score (nSPS) is 20.0. The van der Waals surface area contributed by atoms with Crippen molar-refractivity contribution in [2.24, 2.45) is 5.41 Å². The van der Waals surface area contributed by atoms with Crippen molar-refractivity contribution in [3.8, 4) is 0 Å². The van der Waals surface area contributed by atoms with Crippen LogP contribution < -0.4 is 10.6 Å². The van der Waals surface area contributed by atoms with Crippen molar-refractivity contribution in [2.75, 3.05) is 13.1 Å². The van der Waals surface area contributed by atoms with Gasteiger partial charge >= 0.3 is 6.09 Å². The standard InChI is InChI=1S/C18H32N2O3/c1-4-18(2,3)16(21)19-13-10-14-20-17(22)23-15-11-8-6-5-7-9-12-15/h5-6,15H,4,7-14H2,1-3H3,(H,19,21)(H,20,22)/b6-5+. The molecule has 0 spiro atoms. The summed E-state index contributed by atoms with van der Waals surface area (Å²) >= 11 is 0. The molecule has 0 aliphatic heterocycles. The van der Waals surface area contributed by atoms with Crippen LogP contribution >= 0.6 is 0 Å². The maximum atomic E-state index is 11.9. The molecule has 0 aromatic rings. The number of hydrogen-bond donors (Lipinski definition) is 2. The molecule has 1 unspecified atom stereocenters. The smallest absolute Gasteiger partial charge is 0.407 e. The number of rotatable bonds is 7. The highest BCUT2D eigenvalue weighted by molar-refractivity contribution is 5.81. The van der Waals surface area contributed by atoms with Crippen molar-refractivity contribution in [1.82, 2.24) is 10.6 Å². The topological polar surface area (TPSA) is 67.4 Å². The van der Waals surface area contributed by atoms with Gasteiger partial charge in [0.15, 0.2) is 0 Å². The molecule has 5 heteroatoms. The summed E-state index contributed by atoms with van der Waals surface area (Å²) in [6, 6.07) is 0. The van der Waals surface area contributed by atoms with Crippen LogP contribution in [0.25, 0.3) is 0 Å². The fourth-order valence-electron chi connectivity index (χ4n) is 2.32. The zero-order valence-corrected chi connectivity index (χ0v) is 14.8. The van der Waals surface area contributed by atoms with Crippen molar-refractivity contribution in [3.63, 3.8) is 0 Å². The number of carbonyl (C=O) groups excluding carboxylic acids is 2. The molecule has 0 aromatic carbocycles. The molecule has 0 heterocycles. The highest BCUT2D eigenvalue weighted by atomic mass is 16.6. The molecule has 0 saturated carbocycles. The van der Waals surface area contributed by atoms with E-state index < -0.39 is 0 Å². The van der Waals surface area contributed by atoms with Crippen LogP contribution in [0.3, 0.4) is 0 Å². The third-order valence-electron chi connectivity index (χ3n) is 4.40. The second-order valence-electron chi connectivity index (χ2n) is 6.78. The summed E-state index contributed by atoms with van der Waals surface area (Å²) in [6.07, 6.45) is 10.5. The Bertz CT molecular complexity index is 405. The van der Waals surface area contributed by atoms with Crippen LogP contribution in [0.4, 0.5) is 4.79 Å². The number of nitrogens with one attached hydrogen (secondary N) is 2. The first-order chi connectivity index (χ1) is 11.0. The average Bonchev–Trinajstić information content (AvgIpc) is 2.49. The molecule has 1 aliphatic carbocycles. The zero-order valence-electron chi connectivity index (χ0n) is 14.8. The first-order valence-corrected chi connectivity index (χ1v) is 8.83. The zero-order chi connectivity index (χ0) is 17.1. The van der Waals surface area contributed by atoms with Crippen LogP contribution in [0, 0.1) is 5.41 Å². The third-order valence-corrected chi connectivity index (χ3v) is 4.40. The highest BCUT2D eigenvalue weighted by Gasteiger charge is 2.24. The summed E-state index contributed by atoms with van der Waals surface area (Å²) in [5, 5.41) is 5.67. The van der Waals surface area contributed by atoms with Crippen LogP contribution in [0.15, 0.2) is 12.2 Å². The van der Waals surface area contributed by atoms with Gasteiger partial charge in [-0.25, -0.2) is 4.79 Å². The molecule has 0 saturated heterocycles. The fourth-order valence-corrected chi connectivity index (χ4v) is 2.32. The Labute approximate surface area is 140 Å². The first kappa shape index (κ1) is 19.5. The van der Waals surface area contributed by atoms with Gasteiger partial charge in [-0.3, -0.25) is 4.79 Å². The van der Waals surface area contributed by atoms with E-state index in [0.29, 0.717) is 19.5 Å². The summed E-state index contributed by atoms with van der Waals surface area (Å²) in [7, 11) is 0. The Kier molecular flexibility index (Phi) is 8.74. The Morgan fingerprint density at radius 1 is 1.13 bits per heavy atom. The van der Waals surface area contributed by atoms with Crippen LogP contribution in [-0.2, 0) is 9.53 Å². The third kappa shape index (κ3) is 8.05. The number of alkyl carbamates (subject to hydrolysis) is 1. The van der Waals surface area contributed by atoms with Gasteiger partial charge in [0.1, 0.15) is 6.10 Å². The monoisotopic (exact) mass is 324 g/mol. The SMILES string of the molecule is CCC(C)(C)C(=O)NCCCNC(=O)OC1CC/C=C/CCC1. The van der Waals surface area contributed by atoms with E-state index >= 15 is 0 Å². The van der Waals surface area contributed by atoms with E-state index in [1.54, 1.807) is 0 Å². The maximum absolute atomic E-state index is 11.9. The predicted molar refractivity (Wildman–Crippen MR) is 92.2 cm³/mol. The largest absolute Gasteiger partial charge is 0.446 e. The molecule has 0 fully saturated rings. The minimum absolute atomic E-state index is 0.0185. The lowest BCUT2D eigenvalue weighted by Gasteiger charge is -2.21. The second kappa shape index (κ2) is 10.3. The molecular formula is C18H32N2O3. The number of amides is 2. The van der Waals surface area contributed by atoms with Gasteiger partial charge in [0, 0.05) is 18.5 Å². The minimum Gasteiger partial charge on any atom is -0.446 e. The Morgan fingerprint density at radius 3 is 2.57 bits per heavy atom. The van der Waals surface area contributed by atoms with Gasteiger partial charge in [0.05, 0.1) is 0 Å². The lowest BCUT2D eigenvalue weighted by Crippen LogP contribution is -2.38. The van der Waals surface area contributed by atoms with Crippen molar-refractivity contribution in [2.45, 2.75) is 71.8 Å². The summed E-state index contributed by atoms with van der Waals surface area (Å²) < 4.78 is 5.45. The van der Waals surface area contributed by atoms with E-state index in [2.05, 4.69) is 22.8 Å². The Balaban J connectivity index is 2.12. The molecule has 1 rings (SSSR count). The lowest BCUT2D eigenvalue weighted by molar-refractivity contribution is -0.129. The van der Waals surface area contributed by atoms with Crippen LogP contribution in [-0.4, -0.2) is 31.2 Å². The lowest BCUT2D eigenvalue weighted by atomic mass is 9.89. The highest BCUT2D eigenvalue weighted by Crippen LogP contribution is 2.19. The Hall–Kier alpha value is -1.52. The molecule has 0 bridgehead atoms. The van der Waals surface area contributed by atoms with Crippen molar-refractivity contribution >= 4 is 12.0 Å².